The number of amides is 1. The molecule has 0 radical (unpaired) electrons. The SMILES string of the molecule is C[NH+]1CCC(=NNC(=O)c2cccc([N+](=O)[O-])c2)CC1. The van der Waals surface area contributed by atoms with E-state index in [1.165, 1.54) is 29.2 Å². The number of carbonyl (C=O) groups excluding carboxylic acids is 1. The molecule has 0 aromatic heterocycles. The molecule has 7 nitrogen and oxygen atoms in total. The first-order valence-corrected chi connectivity index (χ1v) is 6.48. The van der Waals surface area contributed by atoms with Gasteiger partial charge in [0.15, 0.2) is 0 Å². The van der Waals surface area contributed by atoms with Crippen molar-refractivity contribution >= 4 is 17.3 Å². The summed E-state index contributed by atoms with van der Waals surface area (Å²) < 4.78 is 0. The Morgan fingerprint density at radius 1 is 1.40 bits per heavy atom. The summed E-state index contributed by atoms with van der Waals surface area (Å²) in [4.78, 5) is 23.5. The molecule has 1 fully saturated rings. The van der Waals surface area contributed by atoms with Gasteiger partial charge in [-0.15, -0.1) is 0 Å². The van der Waals surface area contributed by atoms with Crippen LogP contribution in [0.2, 0.25) is 0 Å². The second kappa shape index (κ2) is 6.25. The van der Waals surface area contributed by atoms with E-state index in [4.69, 9.17) is 0 Å². The number of nitro benzene ring substituents is 1. The molecular formula is C13H17N4O3+. The predicted molar refractivity (Wildman–Crippen MR) is 73.9 cm³/mol. The lowest BCUT2D eigenvalue weighted by Gasteiger charge is -2.20. The van der Waals surface area contributed by atoms with Crippen molar-refractivity contribution in [3.63, 3.8) is 0 Å². The van der Waals surface area contributed by atoms with Gasteiger partial charge in [0.05, 0.1) is 25.1 Å². The maximum atomic E-state index is 11.9. The molecule has 0 aliphatic carbocycles. The van der Waals surface area contributed by atoms with Gasteiger partial charge in [-0.25, -0.2) is 5.43 Å². The predicted octanol–water partition coefficient (Wildman–Crippen LogP) is -0.0109. The van der Waals surface area contributed by atoms with Crippen molar-refractivity contribution in [2.75, 3.05) is 20.1 Å². The number of nitro groups is 1. The van der Waals surface area contributed by atoms with E-state index < -0.39 is 10.8 Å². The fraction of sp³-hybridized carbons (Fsp3) is 0.385. The standard InChI is InChI=1S/C13H16N4O3/c1-16-7-5-11(6-8-16)14-15-13(18)10-3-2-4-12(9-10)17(19)20/h2-4,9H,5-8H2,1H3,(H,15,18)/p+1. The second-order valence-electron chi connectivity index (χ2n) is 4.88. The molecule has 2 rings (SSSR count). The Bertz CT molecular complexity index is 546. The van der Waals surface area contributed by atoms with Crippen LogP contribution in [0.1, 0.15) is 23.2 Å². The topological polar surface area (TPSA) is 89.0 Å². The van der Waals surface area contributed by atoms with Crippen molar-refractivity contribution in [2.24, 2.45) is 5.10 Å². The third-order valence-electron chi connectivity index (χ3n) is 3.32. The Balaban J connectivity index is 2.00. The number of hydrogen-bond acceptors (Lipinski definition) is 4. The first kappa shape index (κ1) is 14.1. The molecule has 1 aliphatic rings. The lowest BCUT2D eigenvalue weighted by atomic mass is 10.1. The van der Waals surface area contributed by atoms with Crippen LogP contribution < -0.4 is 10.3 Å². The van der Waals surface area contributed by atoms with Gasteiger partial charge in [0.1, 0.15) is 0 Å². The van der Waals surface area contributed by atoms with Crippen LogP contribution in [-0.4, -0.2) is 36.7 Å². The van der Waals surface area contributed by atoms with Crippen molar-refractivity contribution < 1.29 is 14.6 Å². The van der Waals surface area contributed by atoms with Crippen LogP contribution in [0.3, 0.4) is 0 Å². The molecule has 20 heavy (non-hydrogen) atoms. The maximum Gasteiger partial charge on any atom is 0.271 e. The van der Waals surface area contributed by atoms with E-state index in [1.807, 2.05) is 0 Å². The largest absolute Gasteiger partial charge is 0.337 e. The van der Waals surface area contributed by atoms with Gasteiger partial charge in [0.2, 0.25) is 0 Å². The van der Waals surface area contributed by atoms with E-state index in [0.717, 1.165) is 31.6 Å². The molecule has 1 heterocycles. The minimum absolute atomic E-state index is 0.104. The number of piperidine rings is 1. The highest BCUT2D eigenvalue weighted by atomic mass is 16.6. The Labute approximate surface area is 116 Å². The van der Waals surface area contributed by atoms with Crippen molar-refractivity contribution in [3.8, 4) is 0 Å². The van der Waals surface area contributed by atoms with E-state index in [1.54, 1.807) is 0 Å². The van der Waals surface area contributed by atoms with Crippen LogP contribution in [0, 0.1) is 10.1 Å². The Morgan fingerprint density at radius 2 is 2.10 bits per heavy atom. The molecule has 0 spiro atoms. The number of quaternary nitrogens is 1. The highest BCUT2D eigenvalue weighted by molar-refractivity contribution is 5.96. The van der Waals surface area contributed by atoms with E-state index in [-0.39, 0.29) is 11.3 Å². The summed E-state index contributed by atoms with van der Waals surface area (Å²) in [5.41, 5.74) is 3.57. The molecule has 7 heteroatoms. The summed E-state index contributed by atoms with van der Waals surface area (Å²) >= 11 is 0. The molecule has 1 saturated heterocycles. The van der Waals surface area contributed by atoms with Crippen LogP contribution in [0.25, 0.3) is 0 Å². The van der Waals surface area contributed by atoms with Crippen LogP contribution >= 0.6 is 0 Å². The second-order valence-corrected chi connectivity index (χ2v) is 4.88. The highest BCUT2D eigenvalue weighted by Gasteiger charge is 2.15. The first-order chi connectivity index (χ1) is 9.56. The van der Waals surface area contributed by atoms with Gasteiger partial charge in [-0.1, -0.05) is 6.07 Å². The van der Waals surface area contributed by atoms with Crippen LogP contribution in [0.5, 0.6) is 0 Å². The van der Waals surface area contributed by atoms with Gasteiger partial charge in [-0.3, -0.25) is 14.9 Å². The van der Waals surface area contributed by atoms with Gasteiger partial charge in [-0.05, 0) is 6.07 Å². The average molecular weight is 277 g/mol. The zero-order valence-electron chi connectivity index (χ0n) is 11.3. The molecular weight excluding hydrogens is 260 g/mol. The minimum Gasteiger partial charge on any atom is -0.337 e. The summed E-state index contributed by atoms with van der Waals surface area (Å²) in [6, 6.07) is 5.61. The Hall–Kier alpha value is -2.28. The zero-order valence-corrected chi connectivity index (χ0v) is 11.3. The third-order valence-corrected chi connectivity index (χ3v) is 3.32. The van der Waals surface area contributed by atoms with Gasteiger partial charge in [-0.2, -0.15) is 5.10 Å². The minimum atomic E-state index is -0.525. The quantitative estimate of drug-likeness (QED) is 0.601. The summed E-state index contributed by atoms with van der Waals surface area (Å²) in [7, 11) is 2.12. The number of carbonyl (C=O) groups is 1. The normalized spacial score (nSPS) is 18.4. The first-order valence-electron chi connectivity index (χ1n) is 6.48. The van der Waals surface area contributed by atoms with Gasteiger partial charge >= 0.3 is 0 Å². The molecule has 1 amide bonds. The van der Waals surface area contributed by atoms with Crippen molar-refractivity contribution in [2.45, 2.75) is 12.8 Å². The van der Waals surface area contributed by atoms with Gasteiger partial charge in [0, 0.05) is 36.2 Å². The molecule has 1 aromatic rings. The monoisotopic (exact) mass is 277 g/mol. The lowest BCUT2D eigenvalue weighted by molar-refractivity contribution is -0.880. The Kier molecular flexibility index (Phi) is 4.41. The summed E-state index contributed by atoms with van der Waals surface area (Å²) in [5, 5.41) is 14.8. The maximum absolute atomic E-state index is 11.9. The number of nitrogens with zero attached hydrogens (tertiary/aromatic N) is 2. The summed E-state index contributed by atoms with van der Waals surface area (Å²) in [6.07, 6.45) is 1.72. The smallest absolute Gasteiger partial charge is 0.271 e. The average Bonchev–Trinajstić information content (AvgIpc) is 2.46. The summed E-state index contributed by atoms with van der Waals surface area (Å²) in [5.74, 6) is -0.424. The number of hydrazone groups is 1. The number of hydrogen-bond donors (Lipinski definition) is 2. The van der Waals surface area contributed by atoms with Crippen LogP contribution in [0.15, 0.2) is 29.4 Å². The van der Waals surface area contributed by atoms with Crippen LogP contribution in [0.4, 0.5) is 5.69 Å². The number of benzene rings is 1. The van der Waals surface area contributed by atoms with E-state index in [0.29, 0.717) is 0 Å². The molecule has 2 N–H and O–H groups in total. The van der Waals surface area contributed by atoms with Crippen molar-refractivity contribution in [1.82, 2.24) is 5.43 Å². The number of likely N-dealkylation sites (tertiary alicyclic amines) is 1. The molecule has 0 unspecified atom stereocenters. The zero-order chi connectivity index (χ0) is 14.5. The Morgan fingerprint density at radius 3 is 2.75 bits per heavy atom. The third kappa shape index (κ3) is 3.61. The van der Waals surface area contributed by atoms with E-state index in [9.17, 15) is 14.9 Å². The molecule has 106 valence electrons. The fourth-order valence-electron chi connectivity index (χ4n) is 2.03. The molecule has 1 aromatic carbocycles. The van der Waals surface area contributed by atoms with Crippen molar-refractivity contribution in [3.05, 3.63) is 39.9 Å². The van der Waals surface area contributed by atoms with Gasteiger partial charge in [0.25, 0.3) is 11.6 Å². The lowest BCUT2D eigenvalue weighted by Crippen LogP contribution is -3.10. The molecule has 0 saturated carbocycles. The number of rotatable bonds is 3. The van der Waals surface area contributed by atoms with Gasteiger partial charge < -0.3 is 4.90 Å². The van der Waals surface area contributed by atoms with Crippen LogP contribution in [-0.2, 0) is 0 Å². The highest BCUT2D eigenvalue weighted by Crippen LogP contribution is 2.12. The molecule has 1 aliphatic heterocycles. The number of non-ortho nitro benzene ring substituents is 1. The van der Waals surface area contributed by atoms with E-state index in [2.05, 4.69) is 17.6 Å². The number of nitrogens with one attached hydrogen (secondary N) is 2. The van der Waals surface area contributed by atoms with E-state index >= 15 is 0 Å². The fourth-order valence-corrected chi connectivity index (χ4v) is 2.03. The molecule has 0 bridgehead atoms. The van der Waals surface area contributed by atoms with Crippen molar-refractivity contribution in [1.29, 1.82) is 0 Å². The summed E-state index contributed by atoms with van der Waals surface area (Å²) in [6.45, 7) is 2.01. The molecule has 0 atom stereocenters.